The van der Waals surface area contributed by atoms with Crippen molar-refractivity contribution in [2.75, 3.05) is 0 Å². The number of benzene rings is 1. The first-order valence-corrected chi connectivity index (χ1v) is 6.91. The minimum Gasteiger partial charge on any atom is -0.294 e. The lowest BCUT2D eigenvalue weighted by molar-refractivity contribution is 0.0971. The molecule has 6 nitrogen and oxygen atoms in total. The molecule has 1 aromatic carbocycles. The molecule has 0 amide bonds. The Morgan fingerprint density at radius 3 is 2.81 bits per heavy atom. The number of carbonyl (C=O) groups is 1. The number of carbonyl (C=O) groups excluding carboxylic acids is 1. The maximum absolute atomic E-state index is 11.9. The first-order chi connectivity index (χ1) is 10.3. The minimum atomic E-state index is 0.158. The maximum Gasteiger partial charge on any atom is 0.166 e. The molecular weight excluding hydrogens is 266 g/mol. The Labute approximate surface area is 121 Å². The number of hydrogen-bond acceptors (Lipinski definition) is 4. The lowest BCUT2D eigenvalue weighted by Gasteiger charge is -2.11. The minimum absolute atomic E-state index is 0.158. The lowest BCUT2D eigenvalue weighted by Crippen LogP contribution is -2.19. The maximum atomic E-state index is 11.9. The molecule has 0 radical (unpaired) electrons. The van der Waals surface area contributed by atoms with Gasteiger partial charge < -0.3 is 0 Å². The van der Waals surface area contributed by atoms with Crippen molar-refractivity contribution in [1.29, 1.82) is 0 Å². The summed E-state index contributed by atoms with van der Waals surface area (Å²) in [5.41, 5.74) is 3.40. The molecule has 1 aliphatic rings. The van der Waals surface area contributed by atoms with Crippen molar-refractivity contribution in [3.63, 3.8) is 0 Å². The van der Waals surface area contributed by atoms with Gasteiger partial charge in [-0.05, 0) is 18.1 Å². The van der Waals surface area contributed by atoms with E-state index in [-0.39, 0.29) is 5.78 Å². The first-order valence-electron chi connectivity index (χ1n) is 6.91. The second-order valence-corrected chi connectivity index (χ2v) is 5.06. The van der Waals surface area contributed by atoms with Crippen molar-refractivity contribution >= 4 is 5.78 Å². The Hall–Kier alpha value is -2.76. The number of hydrogen-bond donors (Lipinski definition) is 0. The predicted octanol–water partition coefficient (Wildman–Crippen LogP) is 1.97. The predicted molar refractivity (Wildman–Crippen MR) is 75.7 cm³/mol. The van der Waals surface area contributed by atoms with E-state index in [1.807, 2.05) is 36.5 Å². The van der Waals surface area contributed by atoms with E-state index >= 15 is 0 Å². The fourth-order valence-electron chi connectivity index (χ4n) is 2.65. The Kier molecular flexibility index (Phi) is 2.67. The van der Waals surface area contributed by atoms with Crippen molar-refractivity contribution in [3.05, 3.63) is 54.0 Å². The van der Waals surface area contributed by atoms with Gasteiger partial charge in [0.15, 0.2) is 5.78 Å². The normalized spacial score (nSPS) is 14.2. The molecule has 104 valence electrons. The van der Waals surface area contributed by atoms with E-state index in [0.29, 0.717) is 12.0 Å². The van der Waals surface area contributed by atoms with Crippen LogP contribution >= 0.6 is 0 Å². The van der Waals surface area contributed by atoms with Gasteiger partial charge >= 0.3 is 0 Å². The highest BCUT2D eigenvalue weighted by molar-refractivity contribution is 5.97. The van der Waals surface area contributed by atoms with Crippen LogP contribution in [0.15, 0.2) is 42.7 Å². The van der Waals surface area contributed by atoms with Crippen LogP contribution in [0.1, 0.15) is 28.9 Å². The zero-order valence-corrected chi connectivity index (χ0v) is 11.3. The molecular formula is C15H13N5O. The number of aromatic nitrogens is 5. The molecule has 0 saturated carbocycles. The van der Waals surface area contributed by atoms with Crippen LogP contribution in [-0.4, -0.2) is 30.8 Å². The third kappa shape index (κ3) is 1.96. The zero-order chi connectivity index (χ0) is 14.2. The number of fused-ring (bicyclic) bond motifs is 1. The fraction of sp³-hybridized carbons (Fsp3) is 0.200. The summed E-state index contributed by atoms with van der Waals surface area (Å²) in [6.07, 6.45) is 5.74. The third-order valence-electron chi connectivity index (χ3n) is 3.71. The van der Waals surface area contributed by atoms with Crippen molar-refractivity contribution in [2.45, 2.75) is 19.3 Å². The molecule has 1 aliphatic carbocycles. The Balaban J connectivity index is 1.76. The van der Waals surface area contributed by atoms with Crippen LogP contribution in [0.2, 0.25) is 0 Å². The van der Waals surface area contributed by atoms with Gasteiger partial charge in [0.1, 0.15) is 5.69 Å². The molecule has 21 heavy (non-hydrogen) atoms. The molecule has 0 spiro atoms. The van der Waals surface area contributed by atoms with Crippen LogP contribution in [0, 0.1) is 0 Å². The first kappa shape index (κ1) is 12.0. The second kappa shape index (κ2) is 4.66. The van der Waals surface area contributed by atoms with Gasteiger partial charge in [0, 0.05) is 12.0 Å². The van der Waals surface area contributed by atoms with Gasteiger partial charge in [-0.15, -0.1) is 9.89 Å². The summed E-state index contributed by atoms with van der Waals surface area (Å²) in [4.78, 5) is 15.1. The molecule has 0 aliphatic heterocycles. The topological polar surface area (TPSA) is 65.6 Å². The average Bonchev–Trinajstić information content (AvgIpc) is 3.15. The van der Waals surface area contributed by atoms with E-state index in [9.17, 15) is 4.79 Å². The van der Waals surface area contributed by atoms with E-state index in [0.717, 1.165) is 29.8 Å². The fourth-order valence-corrected chi connectivity index (χ4v) is 2.65. The molecule has 0 fully saturated rings. The molecule has 0 saturated heterocycles. The standard InChI is InChI=1S/C15H13N5O/c21-15-8-4-7-14-12(15)9-16-20(14)19-10-13(17-18-19)11-5-2-1-3-6-11/h1-3,5-6,9-10H,4,7-8H2. The Morgan fingerprint density at radius 1 is 1.10 bits per heavy atom. The monoisotopic (exact) mass is 279 g/mol. The van der Waals surface area contributed by atoms with E-state index in [4.69, 9.17) is 0 Å². The summed E-state index contributed by atoms with van der Waals surface area (Å²) in [6, 6.07) is 9.85. The van der Waals surface area contributed by atoms with Crippen molar-refractivity contribution in [1.82, 2.24) is 25.0 Å². The van der Waals surface area contributed by atoms with Gasteiger partial charge in [0.05, 0.1) is 23.7 Å². The van der Waals surface area contributed by atoms with Gasteiger partial charge in [0.25, 0.3) is 0 Å². The summed E-state index contributed by atoms with van der Waals surface area (Å²) in [6.45, 7) is 0. The lowest BCUT2D eigenvalue weighted by atomic mass is 9.97. The molecule has 0 bridgehead atoms. The van der Waals surface area contributed by atoms with Gasteiger partial charge in [-0.2, -0.15) is 9.89 Å². The van der Waals surface area contributed by atoms with E-state index in [1.165, 1.54) is 0 Å². The summed E-state index contributed by atoms with van der Waals surface area (Å²) in [7, 11) is 0. The quantitative estimate of drug-likeness (QED) is 0.719. The SMILES string of the molecule is O=C1CCCc2c1cnn2-n1cc(-c2ccccc2)nn1. The van der Waals surface area contributed by atoms with Gasteiger partial charge in [-0.25, -0.2) is 0 Å². The highest BCUT2D eigenvalue weighted by atomic mass is 16.1. The number of nitrogens with zero attached hydrogens (tertiary/aromatic N) is 5. The Morgan fingerprint density at radius 2 is 1.95 bits per heavy atom. The number of ketones is 1. The van der Waals surface area contributed by atoms with E-state index in [1.54, 1.807) is 15.8 Å². The summed E-state index contributed by atoms with van der Waals surface area (Å²) >= 11 is 0. The summed E-state index contributed by atoms with van der Waals surface area (Å²) in [5, 5.41) is 12.6. The molecule has 2 heterocycles. The molecule has 6 heteroatoms. The molecule has 0 unspecified atom stereocenters. The van der Waals surface area contributed by atoms with Crippen molar-refractivity contribution in [3.8, 4) is 11.3 Å². The van der Waals surface area contributed by atoms with Gasteiger partial charge in [-0.3, -0.25) is 4.79 Å². The van der Waals surface area contributed by atoms with Crippen LogP contribution < -0.4 is 0 Å². The highest BCUT2D eigenvalue weighted by Gasteiger charge is 2.23. The van der Waals surface area contributed by atoms with E-state index in [2.05, 4.69) is 15.4 Å². The van der Waals surface area contributed by atoms with E-state index < -0.39 is 0 Å². The number of Topliss-reactive ketones (excluding diaryl/α,β-unsaturated/α-hetero) is 1. The summed E-state index contributed by atoms with van der Waals surface area (Å²) < 4.78 is 0. The Bertz CT molecular complexity index is 803. The van der Waals surface area contributed by atoms with Gasteiger partial charge in [-0.1, -0.05) is 30.3 Å². The molecule has 2 aromatic heterocycles. The van der Waals surface area contributed by atoms with Crippen molar-refractivity contribution in [2.24, 2.45) is 0 Å². The van der Waals surface area contributed by atoms with Crippen LogP contribution in [0.25, 0.3) is 11.3 Å². The van der Waals surface area contributed by atoms with Crippen LogP contribution in [0.5, 0.6) is 0 Å². The molecule has 0 atom stereocenters. The van der Waals surface area contributed by atoms with Crippen LogP contribution in [-0.2, 0) is 6.42 Å². The second-order valence-electron chi connectivity index (χ2n) is 5.06. The third-order valence-corrected chi connectivity index (χ3v) is 3.71. The number of rotatable bonds is 2. The van der Waals surface area contributed by atoms with Crippen LogP contribution in [0.3, 0.4) is 0 Å². The van der Waals surface area contributed by atoms with Gasteiger partial charge in [0.2, 0.25) is 0 Å². The zero-order valence-electron chi connectivity index (χ0n) is 11.3. The van der Waals surface area contributed by atoms with Crippen LogP contribution in [0.4, 0.5) is 0 Å². The summed E-state index contributed by atoms with van der Waals surface area (Å²) in [5.74, 6) is 0.158. The average molecular weight is 279 g/mol. The molecule has 4 rings (SSSR count). The smallest absolute Gasteiger partial charge is 0.166 e. The highest BCUT2D eigenvalue weighted by Crippen LogP contribution is 2.21. The van der Waals surface area contributed by atoms with Crippen molar-refractivity contribution < 1.29 is 4.79 Å². The molecule has 0 N–H and O–H groups in total. The largest absolute Gasteiger partial charge is 0.294 e. The molecule has 3 aromatic rings.